The average molecular weight is 580 g/mol. The van der Waals surface area contributed by atoms with E-state index in [1.807, 2.05) is 6.92 Å². The molecule has 4 rings (SSSR count). The number of amides is 3. The first-order valence-corrected chi connectivity index (χ1v) is 12.7. The van der Waals surface area contributed by atoms with Crippen molar-refractivity contribution in [2.75, 3.05) is 11.9 Å². The second kappa shape index (κ2) is 11.6. The summed E-state index contributed by atoms with van der Waals surface area (Å²) in [7, 11) is 0. The van der Waals surface area contributed by atoms with E-state index in [4.69, 9.17) is 39.5 Å². The molecule has 11 heteroatoms. The minimum absolute atomic E-state index is 0.108. The van der Waals surface area contributed by atoms with E-state index in [0.717, 1.165) is 28.3 Å². The molecule has 0 aromatic heterocycles. The van der Waals surface area contributed by atoms with Gasteiger partial charge < -0.3 is 10.1 Å². The number of aryl methyl sites for hydroxylation is 1. The predicted molar refractivity (Wildman–Crippen MR) is 145 cm³/mol. The lowest BCUT2D eigenvalue weighted by Gasteiger charge is -2.13. The van der Waals surface area contributed by atoms with Gasteiger partial charge in [-0.1, -0.05) is 46.9 Å². The number of hydrogen-bond acceptors (Lipinski definition) is 5. The van der Waals surface area contributed by atoms with Crippen molar-refractivity contribution in [2.24, 2.45) is 0 Å². The smallest absolute Gasteiger partial charge is 0.293 e. The van der Waals surface area contributed by atoms with Crippen molar-refractivity contribution in [3.63, 3.8) is 0 Å². The number of carbonyl (C=O) groups is 3. The van der Waals surface area contributed by atoms with Crippen LogP contribution in [0.15, 0.2) is 59.5 Å². The number of nitrogens with one attached hydrogen (secondary N) is 1. The van der Waals surface area contributed by atoms with Crippen LogP contribution in [0.1, 0.15) is 16.7 Å². The lowest BCUT2D eigenvalue weighted by molar-refractivity contribution is -0.123. The van der Waals surface area contributed by atoms with E-state index >= 15 is 0 Å². The largest absolute Gasteiger partial charge is 0.483 e. The molecule has 0 radical (unpaired) electrons. The minimum Gasteiger partial charge on any atom is -0.483 e. The molecule has 0 aliphatic carbocycles. The molecule has 1 heterocycles. The molecule has 1 N–H and O–H groups in total. The van der Waals surface area contributed by atoms with Gasteiger partial charge in [-0.2, -0.15) is 0 Å². The van der Waals surface area contributed by atoms with Crippen LogP contribution in [0.5, 0.6) is 5.75 Å². The Labute approximate surface area is 231 Å². The van der Waals surface area contributed by atoms with Crippen LogP contribution in [0.3, 0.4) is 0 Å². The Kier molecular flexibility index (Phi) is 8.44. The molecule has 1 saturated heterocycles. The summed E-state index contributed by atoms with van der Waals surface area (Å²) in [5.74, 6) is -1.20. The van der Waals surface area contributed by atoms with Crippen LogP contribution in [-0.4, -0.2) is 28.6 Å². The van der Waals surface area contributed by atoms with Crippen LogP contribution in [0.4, 0.5) is 14.9 Å². The number of ether oxygens (including phenoxy) is 1. The van der Waals surface area contributed by atoms with Crippen molar-refractivity contribution >= 4 is 75.4 Å². The van der Waals surface area contributed by atoms with Crippen molar-refractivity contribution in [1.82, 2.24) is 4.90 Å². The first kappa shape index (κ1) is 27.0. The number of hydrogen-bond donors (Lipinski definition) is 1. The van der Waals surface area contributed by atoms with Gasteiger partial charge in [0.05, 0.1) is 11.4 Å². The first-order chi connectivity index (χ1) is 17.6. The molecule has 37 heavy (non-hydrogen) atoms. The van der Waals surface area contributed by atoms with Crippen LogP contribution in [-0.2, 0) is 16.1 Å². The van der Waals surface area contributed by atoms with Gasteiger partial charge >= 0.3 is 0 Å². The summed E-state index contributed by atoms with van der Waals surface area (Å²) < 4.78 is 19.0. The van der Waals surface area contributed by atoms with Gasteiger partial charge in [-0.3, -0.25) is 19.3 Å². The molecule has 1 fully saturated rings. The fourth-order valence-electron chi connectivity index (χ4n) is 3.37. The Balaban J connectivity index is 1.48. The molecule has 3 aromatic carbocycles. The molecule has 0 spiro atoms. The van der Waals surface area contributed by atoms with Crippen LogP contribution in [0.25, 0.3) is 6.08 Å². The normalized spacial score (nSPS) is 14.4. The zero-order valence-electron chi connectivity index (χ0n) is 19.2. The topological polar surface area (TPSA) is 75.7 Å². The molecule has 1 aliphatic rings. The third kappa shape index (κ3) is 6.64. The van der Waals surface area contributed by atoms with Gasteiger partial charge in [0, 0.05) is 26.3 Å². The second-order valence-corrected chi connectivity index (χ2v) is 10.2. The van der Waals surface area contributed by atoms with Gasteiger partial charge in [0.1, 0.15) is 11.6 Å². The average Bonchev–Trinajstić information content (AvgIpc) is 3.10. The predicted octanol–water partition coefficient (Wildman–Crippen LogP) is 7.35. The van der Waals surface area contributed by atoms with Gasteiger partial charge in [-0.05, 0) is 78.4 Å². The molecule has 0 saturated carbocycles. The van der Waals surface area contributed by atoms with E-state index in [2.05, 4.69) is 5.32 Å². The maximum Gasteiger partial charge on any atom is 0.293 e. The number of nitrogens with zero attached hydrogens (tertiary/aromatic N) is 1. The fraction of sp³-hybridized carbons (Fsp3) is 0.115. The van der Waals surface area contributed by atoms with Crippen molar-refractivity contribution in [3.8, 4) is 5.75 Å². The lowest BCUT2D eigenvalue weighted by Crippen LogP contribution is -2.27. The standard InChI is InChI=1S/C26H18Cl3FN2O4S/c1-14-2-6-19(11-20(14)28)31-24(33)13-36-22-7-4-17(27)8-16(22)9-23-25(34)32(26(35)37-23)12-15-3-5-18(30)10-21(15)29/h2-11H,12-13H2,1H3,(H,31,33)/b23-9-. The first-order valence-electron chi connectivity index (χ1n) is 10.8. The van der Waals surface area contributed by atoms with Gasteiger partial charge in [-0.15, -0.1) is 0 Å². The highest BCUT2D eigenvalue weighted by atomic mass is 35.5. The SMILES string of the molecule is Cc1ccc(NC(=O)COc2ccc(Cl)cc2/C=C2\SC(=O)N(Cc3ccc(F)cc3Cl)C2=O)cc1Cl. The van der Waals surface area contributed by atoms with Gasteiger partial charge in [-0.25, -0.2) is 4.39 Å². The summed E-state index contributed by atoms with van der Waals surface area (Å²) in [5, 5.41) is 3.20. The molecule has 190 valence electrons. The summed E-state index contributed by atoms with van der Waals surface area (Å²) in [4.78, 5) is 39.1. The van der Waals surface area contributed by atoms with E-state index in [-0.39, 0.29) is 28.8 Å². The molecule has 0 bridgehead atoms. The number of benzene rings is 3. The Morgan fingerprint density at radius 3 is 2.57 bits per heavy atom. The Hall–Kier alpha value is -3.04. The van der Waals surface area contributed by atoms with Gasteiger partial charge in [0.2, 0.25) is 0 Å². The maximum atomic E-state index is 13.3. The number of anilines is 1. The number of imide groups is 1. The Bertz CT molecular complexity index is 1450. The fourth-order valence-corrected chi connectivity index (χ4v) is 4.79. The van der Waals surface area contributed by atoms with Crippen LogP contribution >= 0.6 is 46.6 Å². The number of halogens is 4. The monoisotopic (exact) mass is 578 g/mol. The summed E-state index contributed by atoms with van der Waals surface area (Å²) in [6, 6.07) is 13.6. The third-order valence-corrected chi connectivity index (χ3v) is 7.19. The summed E-state index contributed by atoms with van der Waals surface area (Å²) in [6.07, 6.45) is 1.47. The summed E-state index contributed by atoms with van der Waals surface area (Å²) in [5.41, 5.74) is 2.24. The highest BCUT2D eigenvalue weighted by Crippen LogP contribution is 2.36. The van der Waals surface area contributed by atoms with E-state index < -0.39 is 22.9 Å². The van der Waals surface area contributed by atoms with Crippen molar-refractivity contribution in [1.29, 1.82) is 0 Å². The van der Waals surface area contributed by atoms with Gasteiger partial charge in [0.25, 0.3) is 17.1 Å². The maximum absolute atomic E-state index is 13.3. The van der Waals surface area contributed by atoms with Crippen LogP contribution < -0.4 is 10.1 Å². The van der Waals surface area contributed by atoms with E-state index in [1.165, 1.54) is 18.2 Å². The lowest BCUT2D eigenvalue weighted by atomic mass is 10.1. The molecular formula is C26H18Cl3FN2O4S. The molecule has 3 aromatic rings. The van der Waals surface area contributed by atoms with E-state index in [9.17, 15) is 18.8 Å². The Morgan fingerprint density at radius 2 is 1.84 bits per heavy atom. The van der Waals surface area contributed by atoms with Gasteiger partial charge in [0.15, 0.2) is 6.61 Å². The molecular weight excluding hydrogens is 562 g/mol. The molecule has 1 aliphatic heterocycles. The van der Waals surface area contributed by atoms with Crippen molar-refractivity contribution in [3.05, 3.63) is 97.1 Å². The molecule has 3 amide bonds. The zero-order chi connectivity index (χ0) is 26.7. The highest BCUT2D eigenvalue weighted by molar-refractivity contribution is 8.18. The third-order valence-electron chi connectivity index (χ3n) is 5.29. The van der Waals surface area contributed by atoms with E-state index in [0.29, 0.717) is 26.9 Å². The quantitative estimate of drug-likeness (QED) is 0.296. The summed E-state index contributed by atoms with van der Waals surface area (Å²) in [6.45, 7) is 1.42. The zero-order valence-corrected chi connectivity index (χ0v) is 22.3. The highest BCUT2D eigenvalue weighted by Gasteiger charge is 2.35. The number of carbonyl (C=O) groups excluding carboxylic acids is 3. The number of rotatable bonds is 7. The molecule has 6 nitrogen and oxygen atoms in total. The second-order valence-electron chi connectivity index (χ2n) is 7.99. The minimum atomic E-state index is -0.546. The molecule has 0 atom stereocenters. The van der Waals surface area contributed by atoms with Crippen LogP contribution in [0, 0.1) is 12.7 Å². The van der Waals surface area contributed by atoms with Crippen molar-refractivity contribution in [2.45, 2.75) is 13.5 Å². The Morgan fingerprint density at radius 1 is 1.05 bits per heavy atom. The molecule has 0 unspecified atom stereocenters. The van der Waals surface area contributed by atoms with Crippen molar-refractivity contribution < 1.29 is 23.5 Å². The van der Waals surface area contributed by atoms with E-state index in [1.54, 1.807) is 36.4 Å². The van der Waals surface area contributed by atoms with Crippen LogP contribution in [0.2, 0.25) is 15.1 Å². The number of thioether (sulfide) groups is 1. The summed E-state index contributed by atoms with van der Waals surface area (Å²) >= 11 is 19.0.